The lowest BCUT2D eigenvalue weighted by atomic mass is 10.1. The first-order chi connectivity index (χ1) is 7.31. The van der Waals surface area contributed by atoms with E-state index in [2.05, 4.69) is 17.1 Å². The summed E-state index contributed by atoms with van der Waals surface area (Å²) in [6.07, 6.45) is 0. The number of aliphatic hydroxyl groups is 1. The van der Waals surface area contributed by atoms with Crippen LogP contribution in [0.1, 0.15) is 6.92 Å². The second-order valence-corrected chi connectivity index (χ2v) is 3.50. The molecular formula is C13H13NO. The summed E-state index contributed by atoms with van der Waals surface area (Å²) < 4.78 is 0. The van der Waals surface area contributed by atoms with Gasteiger partial charge in [-0.05, 0) is 18.4 Å². The predicted molar refractivity (Wildman–Crippen MR) is 63.8 cm³/mol. The molecule has 2 aromatic carbocycles. The van der Waals surface area contributed by atoms with Crippen LogP contribution in [-0.2, 0) is 0 Å². The van der Waals surface area contributed by atoms with Crippen molar-refractivity contribution in [3.05, 3.63) is 42.5 Å². The summed E-state index contributed by atoms with van der Waals surface area (Å²) in [7, 11) is 0. The molecule has 1 N–H and O–H groups in total. The van der Waals surface area contributed by atoms with Gasteiger partial charge < -0.3 is 5.11 Å². The average Bonchev–Trinajstić information content (AvgIpc) is 2.29. The van der Waals surface area contributed by atoms with Crippen molar-refractivity contribution >= 4 is 22.2 Å². The van der Waals surface area contributed by atoms with Crippen LogP contribution in [0.15, 0.2) is 47.5 Å². The molecule has 0 aliphatic heterocycles. The summed E-state index contributed by atoms with van der Waals surface area (Å²) in [6, 6.07) is 14.1. The zero-order valence-corrected chi connectivity index (χ0v) is 8.64. The second-order valence-electron chi connectivity index (χ2n) is 3.50. The van der Waals surface area contributed by atoms with Gasteiger partial charge in [0.2, 0.25) is 0 Å². The van der Waals surface area contributed by atoms with Gasteiger partial charge in [-0.3, -0.25) is 4.99 Å². The molecule has 0 saturated heterocycles. The van der Waals surface area contributed by atoms with Crippen molar-refractivity contribution in [1.29, 1.82) is 0 Å². The van der Waals surface area contributed by atoms with Gasteiger partial charge in [-0.25, -0.2) is 0 Å². The highest BCUT2D eigenvalue weighted by molar-refractivity contribution is 5.96. The first-order valence-corrected chi connectivity index (χ1v) is 4.94. The Morgan fingerprint density at radius 2 is 1.87 bits per heavy atom. The lowest BCUT2D eigenvalue weighted by molar-refractivity contribution is 0.357. The minimum Gasteiger partial charge on any atom is -0.390 e. The zero-order chi connectivity index (χ0) is 10.7. The molecule has 0 radical (unpaired) electrons. The van der Waals surface area contributed by atoms with Crippen LogP contribution in [0.3, 0.4) is 0 Å². The van der Waals surface area contributed by atoms with E-state index in [-0.39, 0.29) is 6.61 Å². The third kappa shape index (κ3) is 2.05. The molecule has 0 aliphatic rings. The third-order valence-corrected chi connectivity index (χ3v) is 2.31. The molecule has 0 aliphatic carbocycles. The molecule has 0 heterocycles. The van der Waals surface area contributed by atoms with Crippen LogP contribution < -0.4 is 0 Å². The smallest absolute Gasteiger partial charge is 0.0811 e. The lowest BCUT2D eigenvalue weighted by Crippen LogP contribution is -1.96. The predicted octanol–water partition coefficient (Wildman–Crippen LogP) is 2.92. The molecule has 0 atom stereocenters. The fourth-order valence-electron chi connectivity index (χ4n) is 1.55. The average molecular weight is 199 g/mol. The number of hydrogen-bond donors (Lipinski definition) is 1. The minimum absolute atomic E-state index is 0.00320. The highest BCUT2D eigenvalue weighted by Crippen LogP contribution is 2.25. The van der Waals surface area contributed by atoms with Gasteiger partial charge in [0.15, 0.2) is 0 Å². The molecule has 15 heavy (non-hydrogen) atoms. The van der Waals surface area contributed by atoms with Crippen molar-refractivity contribution in [2.24, 2.45) is 4.99 Å². The third-order valence-electron chi connectivity index (χ3n) is 2.31. The van der Waals surface area contributed by atoms with Crippen LogP contribution in [0.2, 0.25) is 0 Å². The van der Waals surface area contributed by atoms with Crippen molar-refractivity contribution in [3.63, 3.8) is 0 Å². The molecule has 2 aromatic rings. The van der Waals surface area contributed by atoms with Gasteiger partial charge in [-0.1, -0.05) is 36.4 Å². The van der Waals surface area contributed by atoms with Gasteiger partial charge in [-0.2, -0.15) is 0 Å². The number of aliphatic hydroxyl groups excluding tert-OH is 1. The summed E-state index contributed by atoms with van der Waals surface area (Å²) >= 11 is 0. The van der Waals surface area contributed by atoms with E-state index < -0.39 is 0 Å². The Morgan fingerprint density at radius 3 is 2.67 bits per heavy atom. The molecule has 0 spiro atoms. The summed E-state index contributed by atoms with van der Waals surface area (Å²) in [5.74, 6) is 0. The normalized spacial score (nSPS) is 12.0. The fourth-order valence-corrected chi connectivity index (χ4v) is 1.55. The maximum atomic E-state index is 8.94. The monoisotopic (exact) mass is 199 g/mol. The molecule has 0 aromatic heterocycles. The summed E-state index contributed by atoms with van der Waals surface area (Å²) in [5.41, 5.74) is 1.64. The molecule has 2 heteroatoms. The number of benzene rings is 2. The molecule has 2 rings (SSSR count). The van der Waals surface area contributed by atoms with Crippen LogP contribution >= 0.6 is 0 Å². The maximum absolute atomic E-state index is 8.94. The Labute approximate surface area is 88.9 Å². The van der Waals surface area contributed by atoms with E-state index in [1.54, 1.807) is 0 Å². The van der Waals surface area contributed by atoms with Crippen molar-refractivity contribution in [3.8, 4) is 0 Å². The highest BCUT2D eigenvalue weighted by Gasteiger charge is 1.98. The van der Waals surface area contributed by atoms with Crippen molar-refractivity contribution < 1.29 is 5.11 Å². The Balaban J connectivity index is 2.61. The topological polar surface area (TPSA) is 32.6 Å². The summed E-state index contributed by atoms with van der Waals surface area (Å²) in [4.78, 5) is 4.37. The summed E-state index contributed by atoms with van der Waals surface area (Å²) in [6.45, 7) is 1.82. The minimum atomic E-state index is 0.00320. The van der Waals surface area contributed by atoms with Crippen LogP contribution in [0.25, 0.3) is 10.8 Å². The quantitative estimate of drug-likeness (QED) is 0.741. The molecule has 0 unspecified atom stereocenters. The molecule has 0 fully saturated rings. The Kier molecular flexibility index (Phi) is 2.79. The van der Waals surface area contributed by atoms with E-state index in [0.717, 1.165) is 16.8 Å². The SMILES string of the molecule is C/C(CO)=N/c1cccc2ccccc12. The zero-order valence-electron chi connectivity index (χ0n) is 8.64. The van der Waals surface area contributed by atoms with Crippen molar-refractivity contribution in [2.75, 3.05) is 6.61 Å². The van der Waals surface area contributed by atoms with E-state index in [1.807, 2.05) is 37.3 Å². The number of fused-ring (bicyclic) bond motifs is 1. The standard InChI is InChI=1S/C13H13NO/c1-10(9-15)14-13-8-4-6-11-5-2-3-7-12(11)13/h2-8,15H,9H2,1H3/b14-10-. The van der Waals surface area contributed by atoms with Crippen molar-refractivity contribution in [1.82, 2.24) is 0 Å². The van der Waals surface area contributed by atoms with Gasteiger partial charge in [0.25, 0.3) is 0 Å². The van der Waals surface area contributed by atoms with Crippen LogP contribution in [-0.4, -0.2) is 17.4 Å². The van der Waals surface area contributed by atoms with Gasteiger partial charge >= 0.3 is 0 Å². The number of rotatable bonds is 2. The Bertz CT molecular complexity index is 497. The van der Waals surface area contributed by atoms with Gasteiger partial charge in [0, 0.05) is 11.1 Å². The summed E-state index contributed by atoms with van der Waals surface area (Å²) in [5, 5.41) is 11.2. The lowest BCUT2D eigenvalue weighted by Gasteiger charge is -2.02. The van der Waals surface area contributed by atoms with Crippen molar-refractivity contribution in [2.45, 2.75) is 6.92 Å². The van der Waals surface area contributed by atoms with E-state index in [0.29, 0.717) is 0 Å². The van der Waals surface area contributed by atoms with E-state index >= 15 is 0 Å². The van der Waals surface area contributed by atoms with Crippen LogP contribution in [0.4, 0.5) is 5.69 Å². The van der Waals surface area contributed by atoms with Crippen LogP contribution in [0.5, 0.6) is 0 Å². The first kappa shape index (κ1) is 9.87. The van der Waals surface area contributed by atoms with E-state index in [4.69, 9.17) is 5.11 Å². The molecule has 76 valence electrons. The Morgan fingerprint density at radius 1 is 1.13 bits per heavy atom. The van der Waals surface area contributed by atoms with Gasteiger partial charge in [0.05, 0.1) is 12.3 Å². The van der Waals surface area contributed by atoms with Gasteiger partial charge in [-0.15, -0.1) is 0 Å². The maximum Gasteiger partial charge on any atom is 0.0811 e. The van der Waals surface area contributed by atoms with E-state index in [1.165, 1.54) is 5.39 Å². The Hall–Kier alpha value is -1.67. The molecule has 0 bridgehead atoms. The first-order valence-electron chi connectivity index (χ1n) is 4.94. The van der Waals surface area contributed by atoms with Crippen LogP contribution in [0, 0.1) is 0 Å². The molecule has 0 amide bonds. The number of nitrogens with zero attached hydrogens (tertiary/aromatic N) is 1. The largest absolute Gasteiger partial charge is 0.390 e. The fraction of sp³-hybridized carbons (Fsp3) is 0.154. The second kappa shape index (κ2) is 4.24. The van der Waals surface area contributed by atoms with Gasteiger partial charge in [0.1, 0.15) is 0 Å². The number of hydrogen-bond acceptors (Lipinski definition) is 2. The molecule has 2 nitrogen and oxygen atoms in total. The highest BCUT2D eigenvalue weighted by atomic mass is 16.3. The van der Waals surface area contributed by atoms with E-state index in [9.17, 15) is 0 Å². The molecular weight excluding hydrogens is 186 g/mol. The number of aliphatic imine (C=N–C) groups is 1. The molecule has 0 saturated carbocycles.